The summed E-state index contributed by atoms with van der Waals surface area (Å²) in [5, 5.41) is 3.53. The number of anilines is 1. The third-order valence-corrected chi connectivity index (χ3v) is 8.40. The summed E-state index contributed by atoms with van der Waals surface area (Å²) >= 11 is 18.4. The van der Waals surface area contributed by atoms with Crippen molar-refractivity contribution in [2.24, 2.45) is 0 Å². The summed E-state index contributed by atoms with van der Waals surface area (Å²) < 4.78 is 28.6. The van der Waals surface area contributed by atoms with Gasteiger partial charge in [0, 0.05) is 28.7 Å². The van der Waals surface area contributed by atoms with Crippen LogP contribution in [0.5, 0.6) is 0 Å². The number of hydrogen-bond donors (Lipinski definition) is 1. The van der Waals surface area contributed by atoms with Crippen molar-refractivity contribution in [3.05, 3.63) is 92.9 Å². The number of benzene rings is 3. The van der Waals surface area contributed by atoms with E-state index in [1.807, 2.05) is 6.92 Å². The molecule has 2 amide bonds. The zero-order valence-electron chi connectivity index (χ0n) is 21.1. The van der Waals surface area contributed by atoms with Crippen molar-refractivity contribution >= 4 is 62.3 Å². The molecule has 0 fully saturated rings. The van der Waals surface area contributed by atoms with Crippen LogP contribution in [0.4, 0.5) is 5.69 Å². The van der Waals surface area contributed by atoms with Crippen molar-refractivity contribution in [1.29, 1.82) is 0 Å². The quantitative estimate of drug-likeness (QED) is 0.325. The number of carbonyl (C=O) groups excluding carboxylic acids is 2. The van der Waals surface area contributed by atoms with Crippen molar-refractivity contribution in [3.63, 3.8) is 0 Å². The Bertz CT molecular complexity index is 1380. The molecule has 7 nitrogen and oxygen atoms in total. The summed E-state index contributed by atoms with van der Waals surface area (Å²) in [6.45, 7) is 3.09. The average molecular weight is 597 g/mol. The van der Waals surface area contributed by atoms with Gasteiger partial charge in [-0.15, -0.1) is 0 Å². The molecule has 0 spiro atoms. The van der Waals surface area contributed by atoms with E-state index >= 15 is 0 Å². The molecule has 0 aromatic heterocycles. The van der Waals surface area contributed by atoms with E-state index in [1.165, 1.54) is 42.3 Å². The molecule has 0 radical (unpaired) electrons. The highest BCUT2D eigenvalue weighted by Gasteiger charge is 2.33. The number of carbonyl (C=O) groups is 2. The van der Waals surface area contributed by atoms with E-state index in [-0.39, 0.29) is 33.1 Å². The standard InChI is InChI=1S/C27H28Cl3N3O4S/c1-4-25(27(35)31-3)32(16-19-7-9-20(28)10-8-19)26(34)17-33(23-14-21(29)13-22(30)15-23)38(36,37)24-11-5-18(2)6-12-24/h5-15,25H,4,16-17H2,1-3H3,(H,31,35)/t25-/m0/s1. The molecule has 202 valence electrons. The minimum absolute atomic E-state index is 0.00501. The van der Waals surface area contributed by atoms with Crippen molar-refractivity contribution in [3.8, 4) is 0 Å². The molecular formula is C27H28Cl3N3O4S. The number of aryl methyl sites for hydroxylation is 1. The minimum atomic E-state index is -4.22. The Hall–Kier alpha value is -2.78. The summed E-state index contributed by atoms with van der Waals surface area (Å²) in [4.78, 5) is 28.0. The summed E-state index contributed by atoms with van der Waals surface area (Å²) in [6.07, 6.45) is 0.312. The normalized spacial score (nSPS) is 12.1. The second-order valence-corrected chi connectivity index (χ2v) is 11.8. The lowest BCUT2D eigenvalue weighted by Gasteiger charge is -2.33. The first-order valence-electron chi connectivity index (χ1n) is 11.8. The summed E-state index contributed by atoms with van der Waals surface area (Å²) in [6, 6.07) is 16.6. The van der Waals surface area contributed by atoms with Gasteiger partial charge in [0.25, 0.3) is 10.0 Å². The highest BCUT2D eigenvalue weighted by molar-refractivity contribution is 7.92. The molecule has 3 aromatic rings. The maximum atomic E-state index is 13.9. The second kappa shape index (κ2) is 12.8. The van der Waals surface area contributed by atoms with Crippen LogP contribution in [0.25, 0.3) is 0 Å². The monoisotopic (exact) mass is 595 g/mol. The molecule has 3 aromatic carbocycles. The molecule has 1 N–H and O–H groups in total. The molecule has 3 rings (SSSR count). The molecule has 0 unspecified atom stereocenters. The smallest absolute Gasteiger partial charge is 0.264 e. The van der Waals surface area contributed by atoms with E-state index < -0.39 is 28.5 Å². The van der Waals surface area contributed by atoms with Crippen LogP contribution in [0.2, 0.25) is 15.1 Å². The third kappa shape index (κ3) is 7.20. The Morgan fingerprint density at radius 2 is 1.47 bits per heavy atom. The van der Waals surface area contributed by atoms with Crippen molar-refractivity contribution in [2.45, 2.75) is 37.8 Å². The molecule has 0 saturated heterocycles. The fourth-order valence-corrected chi connectivity index (χ4v) is 5.96. The average Bonchev–Trinajstić information content (AvgIpc) is 2.87. The zero-order valence-corrected chi connectivity index (χ0v) is 24.2. The number of nitrogens with one attached hydrogen (secondary N) is 1. The van der Waals surface area contributed by atoms with Crippen LogP contribution >= 0.6 is 34.8 Å². The van der Waals surface area contributed by atoms with Gasteiger partial charge in [-0.3, -0.25) is 13.9 Å². The van der Waals surface area contributed by atoms with Crippen LogP contribution in [0.3, 0.4) is 0 Å². The summed E-state index contributed by atoms with van der Waals surface area (Å²) in [7, 11) is -2.73. The van der Waals surface area contributed by atoms with Crippen LogP contribution < -0.4 is 9.62 Å². The van der Waals surface area contributed by atoms with Crippen molar-refractivity contribution < 1.29 is 18.0 Å². The molecule has 11 heteroatoms. The Balaban J connectivity index is 2.09. The fourth-order valence-electron chi connectivity index (χ4n) is 3.92. The molecule has 1 atom stereocenters. The van der Waals surface area contributed by atoms with Gasteiger partial charge < -0.3 is 10.2 Å². The first-order chi connectivity index (χ1) is 18.0. The van der Waals surface area contributed by atoms with E-state index in [0.29, 0.717) is 11.4 Å². The third-order valence-electron chi connectivity index (χ3n) is 5.92. The molecule has 0 saturated carbocycles. The SMILES string of the molecule is CC[C@@H](C(=O)NC)N(Cc1ccc(Cl)cc1)C(=O)CN(c1cc(Cl)cc(Cl)c1)S(=O)(=O)c1ccc(C)cc1. The van der Waals surface area contributed by atoms with Gasteiger partial charge in [-0.2, -0.15) is 0 Å². The van der Waals surface area contributed by atoms with Crippen molar-refractivity contribution in [1.82, 2.24) is 10.2 Å². The second-order valence-electron chi connectivity index (χ2n) is 8.64. The lowest BCUT2D eigenvalue weighted by molar-refractivity contribution is -0.140. The largest absolute Gasteiger partial charge is 0.357 e. The molecule has 38 heavy (non-hydrogen) atoms. The van der Waals surface area contributed by atoms with E-state index in [2.05, 4.69) is 5.32 Å². The van der Waals surface area contributed by atoms with E-state index in [1.54, 1.807) is 43.3 Å². The predicted molar refractivity (Wildman–Crippen MR) is 152 cm³/mol. The van der Waals surface area contributed by atoms with E-state index in [9.17, 15) is 18.0 Å². The molecule has 0 aliphatic rings. The van der Waals surface area contributed by atoms with E-state index in [4.69, 9.17) is 34.8 Å². The van der Waals surface area contributed by atoms with Gasteiger partial charge in [0.05, 0.1) is 10.6 Å². The number of hydrogen-bond acceptors (Lipinski definition) is 4. The highest BCUT2D eigenvalue weighted by Crippen LogP contribution is 2.30. The van der Waals surface area contributed by atoms with Crippen LogP contribution in [-0.4, -0.2) is 44.8 Å². The van der Waals surface area contributed by atoms with Crippen molar-refractivity contribution in [2.75, 3.05) is 17.9 Å². The maximum Gasteiger partial charge on any atom is 0.264 e. The van der Waals surface area contributed by atoms with Crippen LogP contribution in [-0.2, 0) is 26.2 Å². The van der Waals surface area contributed by atoms with Gasteiger partial charge in [0.1, 0.15) is 12.6 Å². The summed E-state index contributed by atoms with van der Waals surface area (Å²) in [5.74, 6) is -0.948. The summed E-state index contributed by atoms with van der Waals surface area (Å²) in [5.41, 5.74) is 1.72. The predicted octanol–water partition coefficient (Wildman–Crippen LogP) is 5.70. The number of amides is 2. The van der Waals surface area contributed by atoms with E-state index in [0.717, 1.165) is 15.4 Å². The lowest BCUT2D eigenvalue weighted by Crippen LogP contribution is -2.51. The van der Waals surface area contributed by atoms with Crippen LogP contribution in [0.1, 0.15) is 24.5 Å². The number of likely N-dealkylation sites (N-methyl/N-ethyl adjacent to an activating group) is 1. The number of halogens is 3. The first-order valence-corrected chi connectivity index (χ1v) is 14.3. The Kier molecular flexibility index (Phi) is 10.1. The van der Waals surface area contributed by atoms with Gasteiger partial charge in [-0.25, -0.2) is 8.42 Å². The zero-order chi connectivity index (χ0) is 28.0. The Morgan fingerprint density at radius 1 is 0.895 bits per heavy atom. The topological polar surface area (TPSA) is 86.8 Å². The van der Waals surface area contributed by atoms with Gasteiger partial charge in [0.15, 0.2) is 0 Å². The molecule has 0 aliphatic carbocycles. The fraction of sp³-hybridized carbons (Fsp3) is 0.259. The Morgan fingerprint density at radius 3 is 2.00 bits per heavy atom. The molecular weight excluding hydrogens is 569 g/mol. The number of rotatable bonds is 10. The van der Waals surface area contributed by atoms with Gasteiger partial charge in [-0.05, 0) is 61.4 Å². The number of sulfonamides is 1. The van der Waals surface area contributed by atoms with Gasteiger partial charge >= 0.3 is 0 Å². The number of nitrogens with zero attached hydrogens (tertiary/aromatic N) is 2. The first kappa shape index (κ1) is 29.8. The van der Waals surface area contributed by atoms with Crippen LogP contribution in [0.15, 0.2) is 71.6 Å². The van der Waals surface area contributed by atoms with Gasteiger partial charge in [-0.1, -0.05) is 71.6 Å². The van der Waals surface area contributed by atoms with Gasteiger partial charge in [0.2, 0.25) is 11.8 Å². The minimum Gasteiger partial charge on any atom is -0.357 e. The maximum absolute atomic E-state index is 13.9. The molecule has 0 aliphatic heterocycles. The molecule has 0 bridgehead atoms. The highest BCUT2D eigenvalue weighted by atomic mass is 35.5. The lowest BCUT2D eigenvalue weighted by atomic mass is 10.1. The van der Waals surface area contributed by atoms with Crippen LogP contribution in [0, 0.1) is 6.92 Å². The Labute approximate surface area is 238 Å². The molecule has 0 heterocycles.